The number of methoxy groups -OCH3 is 1. The fourth-order valence-corrected chi connectivity index (χ4v) is 5.18. The third-order valence-electron chi connectivity index (χ3n) is 4.75. The van der Waals surface area contributed by atoms with Crippen LogP contribution < -0.4 is 9.62 Å². The lowest BCUT2D eigenvalue weighted by Gasteiger charge is -2.19. The molecule has 0 saturated carbocycles. The number of carbonyl (C=O) groups is 2. The molecule has 0 atom stereocenters. The van der Waals surface area contributed by atoms with Crippen LogP contribution in [0.25, 0.3) is 0 Å². The van der Waals surface area contributed by atoms with Crippen molar-refractivity contribution in [3.63, 3.8) is 0 Å². The van der Waals surface area contributed by atoms with E-state index < -0.39 is 21.9 Å². The Kier molecular flexibility index (Phi) is 6.62. The molecule has 0 aliphatic carbocycles. The molecule has 3 aromatic rings. The van der Waals surface area contributed by atoms with Crippen molar-refractivity contribution in [2.75, 3.05) is 23.8 Å². The number of amides is 1. The van der Waals surface area contributed by atoms with Gasteiger partial charge in [-0.3, -0.25) is 9.10 Å². The highest BCUT2D eigenvalue weighted by atomic mass is 32.2. The van der Waals surface area contributed by atoms with Crippen LogP contribution >= 0.6 is 11.3 Å². The summed E-state index contributed by atoms with van der Waals surface area (Å²) in [5.74, 6) is -1.14. The first-order valence-corrected chi connectivity index (χ1v) is 11.5. The summed E-state index contributed by atoms with van der Waals surface area (Å²) in [6, 6.07) is 16.1. The summed E-state index contributed by atoms with van der Waals surface area (Å²) < 4.78 is 31.6. The molecule has 3 rings (SSSR count). The lowest BCUT2D eigenvalue weighted by atomic mass is 10.1. The summed E-state index contributed by atoms with van der Waals surface area (Å²) in [5.41, 5.74) is 1.30. The number of sulfonamides is 1. The molecule has 0 radical (unpaired) electrons. The number of para-hydroxylation sites is 1. The lowest BCUT2D eigenvalue weighted by Crippen LogP contribution is -2.26. The van der Waals surface area contributed by atoms with Crippen LogP contribution in [0.5, 0.6) is 0 Å². The van der Waals surface area contributed by atoms with E-state index in [9.17, 15) is 23.3 Å². The molecule has 0 aliphatic heterocycles. The molecule has 0 spiro atoms. The molecular weight excluding hydrogens is 450 g/mol. The number of thiophene rings is 1. The summed E-state index contributed by atoms with van der Waals surface area (Å²) in [7, 11) is -1.13. The SMILES string of the molecule is COC(=O)c1sc(NC(=O)c2ccc(S(=O)(=O)N(C)c3ccccc3)cc2)c(C#N)c1C. The minimum Gasteiger partial charge on any atom is -0.465 e. The number of nitrogens with one attached hydrogen (secondary N) is 1. The molecule has 0 fully saturated rings. The van der Waals surface area contributed by atoms with Crippen molar-refractivity contribution in [3.05, 3.63) is 76.2 Å². The van der Waals surface area contributed by atoms with Crippen molar-refractivity contribution < 1.29 is 22.7 Å². The summed E-state index contributed by atoms with van der Waals surface area (Å²) >= 11 is 0.944. The highest BCUT2D eigenvalue weighted by Crippen LogP contribution is 2.33. The maximum atomic E-state index is 12.9. The predicted molar refractivity (Wildman–Crippen MR) is 122 cm³/mol. The second-order valence-electron chi connectivity index (χ2n) is 6.65. The van der Waals surface area contributed by atoms with E-state index in [1.165, 1.54) is 38.4 Å². The van der Waals surface area contributed by atoms with E-state index in [0.717, 1.165) is 15.6 Å². The van der Waals surface area contributed by atoms with Gasteiger partial charge < -0.3 is 10.1 Å². The zero-order valence-corrected chi connectivity index (χ0v) is 19.1. The van der Waals surface area contributed by atoms with Gasteiger partial charge in [0.15, 0.2) is 0 Å². The van der Waals surface area contributed by atoms with E-state index in [-0.39, 0.29) is 25.9 Å². The van der Waals surface area contributed by atoms with E-state index in [2.05, 4.69) is 5.32 Å². The van der Waals surface area contributed by atoms with Crippen molar-refractivity contribution in [2.45, 2.75) is 11.8 Å². The van der Waals surface area contributed by atoms with Crippen molar-refractivity contribution >= 4 is 43.9 Å². The largest absolute Gasteiger partial charge is 0.465 e. The molecule has 10 heteroatoms. The van der Waals surface area contributed by atoms with Crippen molar-refractivity contribution in [1.82, 2.24) is 0 Å². The Balaban J connectivity index is 1.83. The molecule has 164 valence electrons. The highest BCUT2D eigenvalue weighted by molar-refractivity contribution is 7.92. The van der Waals surface area contributed by atoms with Gasteiger partial charge in [-0.25, -0.2) is 13.2 Å². The third-order valence-corrected chi connectivity index (χ3v) is 7.74. The normalized spacial score (nSPS) is 10.8. The monoisotopic (exact) mass is 469 g/mol. The first kappa shape index (κ1) is 23.0. The molecular formula is C22H19N3O5S2. The van der Waals surface area contributed by atoms with Gasteiger partial charge in [0, 0.05) is 12.6 Å². The average molecular weight is 470 g/mol. The van der Waals surface area contributed by atoms with Crippen LogP contribution in [0.3, 0.4) is 0 Å². The molecule has 8 nitrogen and oxygen atoms in total. The molecule has 0 saturated heterocycles. The summed E-state index contributed by atoms with van der Waals surface area (Å²) in [6.45, 7) is 1.60. The number of ether oxygens (including phenoxy) is 1. The summed E-state index contributed by atoms with van der Waals surface area (Å²) in [6.07, 6.45) is 0. The molecule has 0 aliphatic rings. The van der Waals surface area contributed by atoms with Gasteiger partial charge in [0.25, 0.3) is 15.9 Å². The van der Waals surface area contributed by atoms with Gasteiger partial charge in [-0.15, -0.1) is 11.3 Å². The molecule has 1 aromatic heterocycles. The number of nitrogens with zero attached hydrogens (tertiary/aromatic N) is 2. The maximum absolute atomic E-state index is 12.9. The molecule has 32 heavy (non-hydrogen) atoms. The fraction of sp³-hybridized carbons (Fsp3) is 0.136. The second kappa shape index (κ2) is 9.21. The van der Waals surface area contributed by atoms with Gasteiger partial charge in [-0.05, 0) is 48.9 Å². The number of hydrogen-bond acceptors (Lipinski definition) is 7. The Morgan fingerprint density at radius 2 is 1.72 bits per heavy atom. The van der Waals surface area contributed by atoms with Gasteiger partial charge in [0.2, 0.25) is 0 Å². The van der Waals surface area contributed by atoms with Gasteiger partial charge in [-0.2, -0.15) is 5.26 Å². The number of rotatable bonds is 6. The number of esters is 1. The molecule has 0 bridgehead atoms. The Labute approximate surface area is 189 Å². The number of benzene rings is 2. The smallest absolute Gasteiger partial charge is 0.348 e. The van der Waals surface area contributed by atoms with E-state index >= 15 is 0 Å². The Hall–Kier alpha value is -3.68. The highest BCUT2D eigenvalue weighted by Gasteiger charge is 2.24. The van der Waals surface area contributed by atoms with Crippen LogP contribution in [0.1, 0.15) is 31.2 Å². The van der Waals surface area contributed by atoms with Crippen LogP contribution in [-0.4, -0.2) is 34.5 Å². The molecule has 0 unspecified atom stereocenters. The number of anilines is 2. The standard InChI is InChI=1S/C22H19N3O5S2/c1-14-18(13-23)21(31-19(14)22(27)30-3)24-20(26)15-9-11-17(12-10-15)32(28,29)25(2)16-7-5-4-6-8-16/h4-12H,1-3H3,(H,24,26). The van der Waals surface area contributed by atoms with Gasteiger partial charge in [-0.1, -0.05) is 18.2 Å². The van der Waals surface area contributed by atoms with Crippen LogP contribution in [0.4, 0.5) is 10.7 Å². The van der Waals surface area contributed by atoms with Gasteiger partial charge >= 0.3 is 5.97 Å². The zero-order valence-electron chi connectivity index (χ0n) is 17.4. The van der Waals surface area contributed by atoms with Crippen LogP contribution in [-0.2, 0) is 14.8 Å². The minimum atomic E-state index is -3.81. The lowest BCUT2D eigenvalue weighted by molar-refractivity contribution is 0.0605. The van der Waals surface area contributed by atoms with Gasteiger partial charge in [0.1, 0.15) is 15.9 Å². The fourth-order valence-electron chi connectivity index (χ4n) is 2.91. The summed E-state index contributed by atoms with van der Waals surface area (Å²) in [5, 5.41) is 12.2. The van der Waals surface area contributed by atoms with E-state index in [1.54, 1.807) is 37.3 Å². The van der Waals surface area contributed by atoms with E-state index in [1.807, 2.05) is 6.07 Å². The molecule has 2 aromatic carbocycles. The number of hydrogen-bond donors (Lipinski definition) is 1. The van der Waals surface area contributed by atoms with E-state index in [0.29, 0.717) is 11.3 Å². The Morgan fingerprint density at radius 3 is 2.28 bits per heavy atom. The quantitative estimate of drug-likeness (QED) is 0.549. The predicted octanol–water partition coefficient (Wildman–Crippen LogP) is 3.79. The zero-order chi connectivity index (χ0) is 23.5. The van der Waals surface area contributed by atoms with Crippen molar-refractivity contribution in [2.24, 2.45) is 0 Å². The van der Waals surface area contributed by atoms with E-state index in [4.69, 9.17) is 4.74 Å². The van der Waals surface area contributed by atoms with Gasteiger partial charge in [0.05, 0.1) is 23.3 Å². The van der Waals surface area contributed by atoms with Crippen molar-refractivity contribution in [1.29, 1.82) is 5.26 Å². The summed E-state index contributed by atoms with van der Waals surface area (Å²) in [4.78, 5) is 24.8. The third kappa shape index (κ3) is 4.34. The maximum Gasteiger partial charge on any atom is 0.348 e. The minimum absolute atomic E-state index is 0.0260. The number of carbonyl (C=O) groups excluding carboxylic acids is 2. The van der Waals surface area contributed by atoms with Crippen LogP contribution in [0, 0.1) is 18.3 Å². The average Bonchev–Trinajstić information content (AvgIpc) is 3.13. The number of nitriles is 1. The Morgan fingerprint density at radius 1 is 1.09 bits per heavy atom. The first-order valence-electron chi connectivity index (χ1n) is 9.28. The van der Waals surface area contributed by atoms with Crippen molar-refractivity contribution in [3.8, 4) is 6.07 Å². The molecule has 1 N–H and O–H groups in total. The Bertz CT molecular complexity index is 1310. The molecule has 1 heterocycles. The second-order valence-corrected chi connectivity index (χ2v) is 9.64. The van der Waals surface area contributed by atoms with Crippen LogP contribution in [0.15, 0.2) is 59.5 Å². The topological polar surface area (TPSA) is 117 Å². The molecule has 1 amide bonds. The first-order chi connectivity index (χ1) is 15.2. The van der Waals surface area contributed by atoms with Crippen LogP contribution in [0.2, 0.25) is 0 Å².